The van der Waals surface area contributed by atoms with Gasteiger partial charge in [-0.1, -0.05) is 12.8 Å². The molecule has 0 atom stereocenters. The summed E-state index contributed by atoms with van der Waals surface area (Å²) in [6, 6.07) is 0. The Balaban J connectivity index is 2.99. The van der Waals surface area contributed by atoms with Gasteiger partial charge in [-0.25, -0.2) is 4.98 Å². The van der Waals surface area contributed by atoms with Crippen LogP contribution in [0.2, 0.25) is 0 Å². The molecule has 0 bridgehead atoms. The Hall–Kier alpha value is -1.56. The second kappa shape index (κ2) is 4.61. The molecule has 0 spiro atoms. The molecular formula is C11H14N2O. The number of rotatable bonds is 3. The molecule has 0 saturated heterocycles. The van der Waals surface area contributed by atoms with Gasteiger partial charge in [0.05, 0.1) is 6.54 Å². The van der Waals surface area contributed by atoms with Gasteiger partial charge in [-0.3, -0.25) is 4.79 Å². The first-order valence-corrected chi connectivity index (χ1v) is 4.65. The molecule has 0 aromatic carbocycles. The Labute approximate surface area is 84.2 Å². The molecule has 1 aromatic heterocycles. The number of imidazole rings is 1. The van der Waals surface area contributed by atoms with Crippen LogP contribution in [0.25, 0.3) is 0 Å². The van der Waals surface area contributed by atoms with Crippen LogP contribution >= 0.6 is 0 Å². The summed E-state index contributed by atoms with van der Waals surface area (Å²) in [6.07, 6.45) is 2.59. The highest BCUT2D eigenvalue weighted by molar-refractivity contribution is 5.91. The Bertz CT molecular complexity index is 393. The van der Waals surface area contributed by atoms with Crippen LogP contribution in [0.4, 0.5) is 0 Å². The molecule has 14 heavy (non-hydrogen) atoms. The van der Waals surface area contributed by atoms with Crippen LogP contribution in [0, 0.1) is 11.8 Å². The Morgan fingerprint density at radius 3 is 2.86 bits per heavy atom. The van der Waals surface area contributed by atoms with Gasteiger partial charge in [0.1, 0.15) is 11.5 Å². The molecule has 0 aliphatic heterocycles. The van der Waals surface area contributed by atoms with Crippen LogP contribution in [-0.4, -0.2) is 15.3 Å². The van der Waals surface area contributed by atoms with E-state index in [0.29, 0.717) is 12.2 Å². The van der Waals surface area contributed by atoms with Gasteiger partial charge in [-0.15, -0.1) is 5.92 Å². The highest BCUT2D eigenvalue weighted by atomic mass is 16.1. The van der Waals surface area contributed by atoms with Gasteiger partial charge in [0.2, 0.25) is 0 Å². The van der Waals surface area contributed by atoms with Gasteiger partial charge in [0.25, 0.3) is 0 Å². The average Bonchev–Trinajstić information content (AvgIpc) is 2.57. The second-order valence-electron chi connectivity index (χ2n) is 3.01. The molecule has 0 fully saturated rings. The summed E-state index contributed by atoms with van der Waals surface area (Å²) in [6.45, 7) is 5.95. The molecule has 1 aromatic rings. The first-order valence-electron chi connectivity index (χ1n) is 4.65. The second-order valence-corrected chi connectivity index (χ2v) is 3.01. The summed E-state index contributed by atoms with van der Waals surface area (Å²) < 4.78 is 1.92. The summed E-state index contributed by atoms with van der Waals surface area (Å²) in [7, 11) is 0. The smallest absolute Gasteiger partial charge is 0.179 e. The van der Waals surface area contributed by atoms with Crippen molar-refractivity contribution in [2.75, 3.05) is 0 Å². The number of aryl methyl sites for hydroxylation is 1. The lowest BCUT2D eigenvalue weighted by Gasteiger charge is -1.98. The number of hydrogen-bond donors (Lipinski definition) is 0. The largest absolute Gasteiger partial charge is 0.323 e. The lowest BCUT2D eigenvalue weighted by Crippen LogP contribution is -1.99. The maximum atomic E-state index is 11.1. The van der Waals surface area contributed by atoms with Crippen LogP contribution in [0.3, 0.4) is 0 Å². The van der Waals surface area contributed by atoms with Gasteiger partial charge in [-0.2, -0.15) is 0 Å². The topological polar surface area (TPSA) is 34.9 Å². The van der Waals surface area contributed by atoms with Crippen LogP contribution < -0.4 is 0 Å². The number of Topliss-reactive ketones (excluding diaryl/α,β-unsaturated/α-hetero) is 1. The zero-order chi connectivity index (χ0) is 10.6. The molecule has 1 heterocycles. The Kier molecular flexibility index (Phi) is 3.47. The zero-order valence-electron chi connectivity index (χ0n) is 8.79. The quantitative estimate of drug-likeness (QED) is 0.537. The van der Waals surface area contributed by atoms with Crippen molar-refractivity contribution in [3.05, 3.63) is 17.7 Å². The molecule has 3 heteroatoms. The lowest BCUT2D eigenvalue weighted by atomic mass is 10.3. The Morgan fingerprint density at radius 1 is 1.64 bits per heavy atom. The minimum Gasteiger partial charge on any atom is -0.323 e. The fraction of sp³-hybridized carbons (Fsp3) is 0.455. The van der Waals surface area contributed by atoms with Gasteiger partial charge < -0.3 is 4.57 Å². The van der Waals surface area contributed by atoms with E-state index in [0.717, 1.165) is 12.2 Å². The number of nitrogens with zero attached hydrogens (tertiary/aromatic N) is 2. The van der Waals surface area contributed by atoms with Gasteiger partial charge in [0.15, 0.2) is 5.78 Å². The molecular weight excluding hydrogens is 176 g/mol. The summed E-state index contributed by atoms with van der Waals surface area (Å²) in [5.41, 5.74) is 0.528. The molecule has 0 saturated carbocycles. The number of carbonyl (C=O) groups excluding carboxylic acids is 1. The predicted molar refractivity (Wildman–Crippen MR) is 55.1 cm³/mol. The molecule has 3 nitrogen and oxygen atoms in total. The van der Waals surface area contributed by atoms with Crippen molar-refractivity contribution in [3.63, 3.8) is 0 Å². The van der Waals surface area contributed by atoms with Crippen molar-refractivity contribution in [3.8, 4) is 11.8 Å². The first-order chi connectivity index (χ1) is 6.69. The SMILES string of the molecule is CC#CCn1cc(C(C)=O)nc1CC. The van der Waals surface area contributed by atoms with Crippen molar-refractivity contribution in [1.29, 1.82) is 0 Å². The summed E-state index contributed by atoms with van der Waals surface area (Å²) in [4.78, 5) is 15.3. The molecule has 0 aliphatic rings. The van der Waals surface area contributed by atoms with E-state index in [1.54, 1.807) is 13.1 Å². The zero-order valence-corrected chi connectivity index (χ0v) is 8.79. The minimum atomic E-state index is 0.00269. The number of aromatic nitrogens is 2. The minimum absolute atomic E-state index is 0.00269. The van der Waals surface area contributed by atoms with Crippen molar-refractivity contribution < 1.29 is 4.79 Å². The average molecular weight is 190 g/mol. The van der Waals surface area contributed by atoms with Gasteiger partial charge in [0, 0.05) is 19.5 Å². The third kappa shape index (κ3) is 2.23. The highest BCUT2D eigenvalue weighted by Crippen LogP contribution is 2.04. The van der Waals surface area contributed by atoms with E-state index in [2.05, 4.69) is 16.8 Å². The van der Waals surface area contributed by atoms with Crippen LogP contribution in [0.15, 0.2) is 6.20 Å². The van der Waals surface area contributed by atoms with Crippen molar-refractivity contribution >= 4 is 5.78 Å². The summed E-state index contributed by atoms with van der Waals surface area (Å²) >= 11 is 0. The van der Waals surface area contributed by atoms with E-state index in [-0.39, 0.29) is 5.78 Å². The van der Waals surface area contributed by atoms with Crippen molar-refractivity contribution in [2.45, 2.75) is 33.7 Å². The maximum Gasteiger partial charge on any atom is 0.179 e. The van der Waals surface area contributed by atoms with Crippen LogP contribution in [-0.2, 0) is 13.0 Å². The predicted octanol–water partition coefficient (Wildman–Crippen LogP) is 1.67. The molecule has 0 amide bonds. The lowest BCUT2D eigenvalue weighted by molar-refractivity contribution is 0.101. The number of hydrogen-bond acceptors (Lipinski definition) is 2. The van der Waals surface area contributed by atoms with Gasteiger partial charge in [-0.05, 0) is 6.92 Å². The van der Waals surface area contributed by atoms with Gasteiger partial charge >= 0.3 is 0 Å². The molecule has 0 N–H and O–H groups in total. The molecule has 0 aliphatic carbocycles. The Morgan fingerprint density at radius 2 is 2.36 bits per heavy atom. The normalized spacial score (nSPS) is 9.36. The highest BCUT2D eigenvalue weighted by Gasteiger charge is 2.08. The number of carbonyl (C=O) groups is 1. The van der Waals surface area contributed by atoms with Crippen LogP contribution in [0.5, 0.6) is 0 Å². The third-order valence-corrected chi connectivity index (χ3v) is 1.96. The van der Waals surface area contributed by atoms with Crippen LogP contribution in [0.1, 0.15) is 37.1 Å². The fourth-order valence-corrected chi connectivity index (χ4v) is 1.21. The summed E-state index contributed by atoms with van der Waals surface area (Å²) in [5, 5.41) is 0. The third-order valence-electron chi connectivity index (χ3n) is 1.96. The fourth-order valence-electron chi connectivity index (χ4n) is 1.21. The summed E-state index contributed by atoms with van der Waals surface area (Å²) in [5.74, 6) is 6.69. The van der Waals surface area contributed by atoms with Crippen molar-refractivity contribution in [1.82, 2.24) is 9.55 Å². The van der Waals surface area contributed by atoms with E-state index >= 15 is 0 Å². The van der Waals surface area contributed by atoms with E-state index in [1.165, 1.54) is 6.92 Å². The molecule has 0 unspecified atom stereocenters. The standard InChI is InChI=1S/C11H14N2O/c1-4-6-7-13-8-10(9(3)14)12-11(13)5-2/h8H,5,7H2,1-3H3. The van der Waals surface area contributed by atoms with Crippen molar-refractivity contribution in [2.24, 2.45) is 0 Å². The maximum absolute atomic E-state index is 11.1. The van der Waals surface area contributed by atoms with E-state index in [1.807, 2.05) is 11.5 Å². The first kappa shape index (κ1) is 10.5. The molecule has 0 radical (unpaired) electrons. The van der Waals surface area contributed by atoms with E-state index in [4.69, 9.17) is 0 Å². The van der Waals surface area contributed by atoms with E-state index in [9.17, 15) is 4.79 Å². The van der Waals surface area contributed by atoms with E-state index < -0.39 is 0 Å². The molecule has 74 valence electrons. The monoisotopic (exact) mass is 190 g/mol. The molecule has 1 rings (SSSR count). The number of ketones is 1.